The van der Waals surface area contributed by atoms with Gasteiger partial charge in [0.25, 0.3) is 0 Å². The molecule has 5 rings (SSSR count). The predicted octanol–water partition coefficient (Wildman–Crippen LogP) is 3.66. The van der Waals surface area contributed by atoms with Crippen LogP contribution in [-0.4, -0.2) is 41.5 Å². The lowest BCUT2D eigenvalue weighted by Gasteiger charge is -2.27. The molecule has 1 unspecified atom stereocenters. The van der Waals surface area contributed by atoms with Crippen LogP contribution >= 0.6 is 11.6 Å². The van der Waals surface area contributed by atoms with E-state index >= 15 is 0 Å². The van der Waals surface area contributed by atoms with Gasteiger partial charge in [0, 0.05) is 24.6 Å². The summed E-state index contributed by atoms with van der Waals surface area (Å²) in [4.78, 5) is 35.3. The Morgan fingerprint density at radius 2 is 2.09 bits per heavy atom. The molecule has 3 aliphatic rings. The molecule has 4 atom stereocenters. The van der Waals surface area contributed by atoms with Crippen LogP contribution in [0.4, 0.5) is 23.1 Å². The first-order valence-corrected chi connectivity index (χ1v) is 12.3. The lowest BCUT2D eigenvalue weighted by atomic mass is 9.88. The highest BCUT2D eigenvalue weighted by molar-refractivity contribution is 6.32. The predicted molar refractivity (Wildman–Crippen MR) is 135 cm³/mol. The smallest absolute Gasteiger partial charge is 0.229 e. The van der Waals surface area contributed by atoms with E-state index in [1.807, 2.05) is 19.1 Å². The molecular formula is C25H29ClN6O3. The number of allylic oxidation sites excluding steroid dienone is 1. The molecule has 2 aromatic rings. The van der Waals surface area contributed by atoms with Crippen molar-refractivity contribution in [2.75, 3.05) is 29.2 Å². The number of carbonyl (C=O) groups is 2. The number of amides is 2. The second-order valence-electron chi connectivity index (χ2n) is 9.20. The van der Waals surface area contributed by atoms with Crippen molar-refractivity contribution in [3.63, 3.8) is 0 Å². The van der Waals surface area contributed by atoms with E-state index in [4.69, 9.17) is 22.1 Å². The minimum absolute atomic E-state index is 0.121. The van der Waals surface area contributed by atoms with Crippen molar-refractivity contribution >= 4 is 46.6 Å². The number of hydrogen-bond acceptors (Lipinski definition) is 7. The monoisotopic (exact) mass is 496 g/mol. The molecular weight excluding hydrogens is 468 g/mol. The minimum atomic E-state index is -0.322. The minimum Gasteiger partial charge on any atom is -0.494 e. The van der Waals surface area contributed by atoms with Gasteiger partial charge in [-0.1, -0.05) is 23.8 Å². The molecule has 2 amide bonds. The number of ether oxygens (including phenoxy) is 1. The zero-order valence-corrected chi connectivity index (χ0v) is 20.5. The Kier molecular flexibility index (Phi) is 6.27. The maximum atomic E-state index is 12.5. The Bertz CT molecular complexity index is 1200. The van der Waals surface area contributed by atoms with E-state index in [9.17, 15) is 9.59 Å². The van der Waals surface area contributed by atoms with E-state index in [1.54, 1.807) is 12.0 Å². The van der Waals surface area contributed by atoms with Gasteiger partial charge < -0.3 is 26.0 Å². The summed E-state index contributed by atoms with van der Waals surface area (Å²) in [5.41, 5.74) is 8.25. The number of carbonyl (C=O) groups excluding carboxylic acids is 2. The third-order valence-corrected chi connectivity index (χ3v) is 7.52. The Morgan fingerprint density at radius 3 is 2.83 bits per heavy atom. The number of benzene rings is 1. The summed E-state index contributed by atoms with van der Waals surface area (Å²) in [7, 11) is 1.62. The summed E-state index contributed by atoms with van der Waals surface area (Å²) in [5.74, 6) is 1.28. The van der Waals surface area contributed by atoms with E-state index in [0.717, 1.165) is 30.5 Å². The van der Waals surface area contributed by atoms with Crippen LogP contribution in [0, 0.1) is 17.8 Å². The van der Waals surface area contributed by atoms with E-state index < -0.39 is 0 Å². The van der Waals surface area contributed by atoms with Crippen molar-refractivity contribution in [1.82, 2.24) is 9.97 Å². The molecule has 1 fully saturated rings. The molecule has 0 saturated heterocycles. The number of anilines is 4. The summed E-state index contributed by atoms with van der Waals surface area (Å²) < 4.78 is 5.78. The standard InChI is InChI=1S/C25H29ClN6O3/c1-3-32-18-10-9-17(22(35-2)15(18)5-4-6-19(32)33)29-25-28-12-16(26)24(31-25)30-21-14-8-7-13(11-14)20(21)23(27)34/h7-10,12-14,20-21H,3-6,11H2,1-2H3,(H2,27,34)(H2,28,29,30,31)/t13-,14+,20+,21?/m1/s1. The number of rotatable bonds is 7. The Hall–Kier alpha value is -3.33. The highest BCUT2D eigenvalue weighted by atomic mass is 35.5. The van der Waals surface area contributed by atoms with Crippen LogP contribution in [-0.2, 0) is 16.0 Å². The number of nitrogens with two attached hydrogens (primary N) is 1. The van der Waals surface area contributed by atoms with Gasteiger partial charge >= 0.3 is 0 Å². The number of primary amides is 1. The fourth-order valence-electron chi connectivity index (χ4n) is 5.69. The van der Waals surface area contributed by atoms with Gasteiger partial charge in [-0.15, -0.1) is 0 Å². The fraction of sp³-hybridized carbons (Fsp3) is 0.440. The van der Waals surface area contributed by atoms with Gasteiger partial charge in [0.2, 0.25) is 17.8 Å². The molecule has 4 N–H and O–H groups in total. The Labute approximate surface area is 209 Å². The largest absolute Gasteiger partial charge is 0.494 e. The van der Waals surface area contributed by atoms with Gasteiger partial charge in [-0.3, -0.25) is 9.59 Å². The van der Waals surface area contributed by atoms with Gasteiger partial charge in [-0.2, -0.15) is 4.98 Å². The number of fused-ring (bicyclic) bond motifs is 3. The normalized spacial score (nSPS) is 24.8. The molecule has 35 heavy (non-hydrogen) atoms. The average molecular weight is 497 g/mol. The first-order valence-electron chi connectivity index (χ1n) is 11.9. The summed E-state index contributed by atoms with van der Waals surface area (Å²) in [6.45, 7) is 2.57. The van der Waals surface area contributed by atoms with Crippen molar-refractivity contribution in [3.05, 3.63) is 41.1 Å². The number of methoxy groups -OCH3 is 1. The molecule has 0 spiro atoms. The summed E-state index contributed by atoms with van der Waals surface area (Å²) in [5, 5.41) is 6.95. The SMILES string of the molecule is CCN1C(=O)CCCc2c1ccc(Nc1ncc(Cl)c(NC3[C@@H](C(N)=O)[C@@H]4C=C[C@H]3C4)n1)c2OC. The molecule has 2 heterocycles. The van der Waals surface area contributed by atoms with Gasteiger partial charge in [0.15, 0.2) is 5.82 Å². The number of hydrogen-bond donors (Lipinski definition) is 3. The highest BCUT2D eigenvalue weighted by Crippen LogP contribution is 2.45. The third kappa shape index (κ3) is 4.18. The summed E-state index contributed by atoms with van der Waals surface area (Å²) in [6, 6.07) is 3.64. The molecule has 1 aromatic carbocycles. The third-order valence-electron chi connectivity index (χ3n) is 7.25. The van der Waals surface area contributed by atoms with Crippen molar-refractivity contribution in [2.24, 2.45) is 23.5 Å². The summed E-state index contributed by atoms with van der Waals surface area (Å²) >= 11 is 6.41. The van der Waals surface area contributed by atoms with Crippen molar-refractivity contribution in [2.45, 2.75) is 38.6 Å². The van der Waals surface area contributed by atoms with Crippen LogP contribution in [0.2, 0.25) is 5.02 Å². The van der Waals surface area contributed by atoms with Crippen LogP contribution in [0.25, 0.3) is 0 Å². The molecule has 10 heteroatoms. The molecule has 0 radical (unpaired) electrons. The zero-order chi connectivity index (χ0) is 24.7. The number of nitrogens with zero attached hydrogens (tertiary/aromatic N) is 3. The van der Waals surface area contributed by atoms with Crippen LogP contribution in [0.3, 0.4) is 0 Å². The lowest BCUT2D eigenvalue weighted by Crippen LogP contribution is -2.41. The van der Waals surface area contributed by atoms with E-state index in [0.29, 0.717) is 41.2 Å². The quantitative estimate of drug-likeness (QED) is 0.500. The molecule has 1 aromatic heterocycles. The zero-order valence-electron chi connectivity index (χ0n) is 19.8. The van der Waals surface area contributed by atoms with E-state index in [-0.39, 0.29) is 35.6 Å². The highest BCUT2D eigenvalue weighted by Gasteiger charge is 2.47. The molecule has 2 aliphatic carbocycles. The van der Waals surface area contributed by atoms with Crippen LogP contribution < -0.4 is 26.0 Å². The molecule has 9 nitrogen and oxygen atoms in total. The van der Waals surface area contributed by atoms with Crippen LogP contribution in [0.1, 0.15) is 31.7 Å². The van der Waals surface area contributed by atoms with Gasteiger partial charge in [-0.25, -0.2) is 4.98 Å². The van der Waals surface area contributed by atoms with E-state index in [1.165, 1.54) is 6.20 Å². The Morgan fingerprint density at radius 1 is 1.29 bits per heavy atom. The average Bonchev–Trinajstić information content (AvgIpc) is 3.40. The second kappa shape index (κ2) is 9.37. The first kappa shape index (κ1) is 23.4. The molecule has 2 bridgehead atoms. The fourth-order valence-corrected chi connectivity index (χ4v) is 5.84. The van der Waals surface area contributed by atoms with Crippen molar-refractivity contribution < 1.29 is 14.3 Å². The Balaban J connectivity index is 1.43. The molecule has 1 saturated carbocycles. The topological polar surface area (TPSA) is 122 Å². The number of halogens is 1. The number of nitrogens with one attached hydrogen (secondary N) is 2. The summed E-state index contributed by atoms with van der Waals surface area (Å²) in [6.07, 6.45) is 8.61. The van der Waals surface area contributed by atoms with Gasteiger partial charge in [0.1, 0.15) is 10.8 Å². The van der Waals surface area contributed by atoms with Gasteiger partial charge in [-0.05, 0) is 50.2 Å². The first-order chi connectivity index (χ1) is 16.9. The lowest BCUT2D eigenvalue weighted by molar-refractivity contribution is -0.122. The van der Waals surface area contributed by atoms with Crippen molar-refractivity contribution in [3.8, 4) is 5.75 Å². The maximum absolute atomic E-state index is 12.5. The molecule has 184 valence electrons. The molecule has 1 aliphatic heterocycles. The van der Waals surface area contributed by atoms with Crippen LogP contribution in [0.5, 0.6) is 5.75 Å². The maximum Gasteiger partial charge on any atom is 0.229 e. The van der Waals surface area contributed by atoms with Gasteiger partial charge in [0.05, 0.1) is 30.6 Å². The van der Waals surface area contributed by atoms with Crippen LogP contribution in [0.15, 0.2) is 30.5 Å². The van der Waals surface area contributed by atoms with Crippen molar-refractivity contribution in [1.29, 1.82) is 0 Å². The number of aromatic nitrogens is 2. The second-order valence-corrected chi connectivity index (χ2v) is 9.60. The van der Waals surface area contributed by atoms with E-state index in [2.05, 4.69) is 32.8 Å².